The molecule has 21 heavy (non-hydrogen) atoms. The maximum atomic E-state index is 12.7. The van der Waals surface area contributed by atoms with Crippen molar-refractivity contribution >= 4 is 15.8 Å². The van der Waals surface area contributed by atoms with Crippen LogP contribution in [0, 0.1) is 6.92 Å². The van der Waals surface area contributed by atoms with Crippen molar-refractivity contribution in [2.75, 3.05) is 13.2 Å². The molecule has 0 amide bonds. The monoisotopic (exact) mass is 311 g/mol. The molecule has 0 saturated carbocycles. The number of ketones is 1. The van der Waals surface area contributed by atoms with Crippen LogP contribution in [0.25, 0.3) is 0 Å². The second kappa shape index (κ2) is 6.68. The van der Waals surface area contributed by atoms with Gasteiger partial charge in [0.15, 0.2) is 5.78 Å². The van der Waals surface area contributed by atoms with Crippen LogP contribution in [0.1, 0.15) is 31.2 Å². The SMILES string of the molecule is Cc1ccc(S(=O)(=O)N2CCC(=O)C2CCCCO)cc1. The predicted octanol–water partition coefficient (Wildman–Crippen LogP) is 1.49. The van der Waals surface area contributed by atoms with E-state index < -0.39 is 16.1 Å². The van der Waals surface area contributed by atoms with E-state index in [1.165, 1.54) is 4.31 Å². The Labute approximate surface area is 125 Å². The maximum absolute atomic E-state index is 12.7. The third-order valence-electron chi connectivity index (χ3n) is 3.81. The lowest BCUT2D eigenvalue weighted by atomic mass is 10.1. The molecule has 1 fully saturated rings. The number of rotatable bonds is 6. The molecule has 5 nitrogen and oxygen atoms in total. The number of aliphatic hydroxyl groups excluding tert-OH is 1. The first-order chi connectivity index (χ1) is 9.96. The summed E-state index contributed by atoms with van der Waals surface area (Å²) in [6.45, 7) is 2.21. The maximum Gasteiger partial charge on any atom is 0.243 e. The van der Waals surface area contributed by atoms with Crippen LogP contribution in [-0.2, 0) is 14.8 Å². The minimum atomic E-state index is -3.62. The summed E-state index contributed by atoms with van der Waals surface area (Å²) in [6, 6.07) is 6.09. The number of aryl methyl sites for hydroxylation is 1. The molecule has 1 aliphatic rings. The van der Waals surface area contributed by atoms with E-state index in [0.717, 1.165) is 5.56 Å². The number of carbonyl (C=O) groups excluding carboxylic acids is 1. The topological polar surface area (TPSA) is 74.7 Å². The molecule has 0 radical (unpaired) electrons. The zero-order valence-electron chi connectivity index (χ0n) is 12.2. The Morgan fingerprint density at radius 1 is 1.24 bits per heavy atom. The molecule has 0 aromatic heterocycles. The first-order valence-corrected chi connectivity index (χ1v) is 8.63. The number of unbranched alkanes of at least 4 members (excludes halogenated alkanes) is 1. The van der Waals surface area contributed by atoms with Gasteiger partial charge in [0, 0.05) is 19.6 Å². The lowest BCUT2D eigenvalue weighted by Gasteiger charge is -2.23. The molecule has 1 aromatic carbocycles. The van der Waals surface area contributed by atoms with Gasteiger partial charge in [-0.15, -0.1) is 0 Å². The van der Waals surface area contributed by atoms with Crippen molar-refractivity contribution in [3.63, 3.8) is 0 Å². The highest BCUT2D eigenvalue weighted by atomic mass is 32.2. The number of nitrogens with zero attached hydrogens (tertiary/aromatic N) is 1. The summed E-state index contributed by atoms with van der Waals surface area (Å²) in [7, 11) is -3.62. The summed E-state index contributed by atoms with van der Waals surface area (Å²) in [4.78, 5) is 12.2. The first kappa shape index (κ1) is 16.1. The van der Waals surface area contributed by atoms with E-state index in [2.05, 4.69) is 0 Å². The summed E-state index contributed by atoms with van der Waals surface area (Å²) in [5.41, 5.74) is 0.992. The molecule has 0 bridgehead atoms. The lowest BCUT2D eigenvalue weighted by Crippen LogP contribution is -2.38. The zero-order chi connectivity index (χ0) is 15.5. The Morgan fingerprint density at radius 3 is 2.52 bits per heavy atom. The Morgan fingerprint density at radius 2 is 1.90 bits per heavy atom. The number of Topliss-reactive ketones (excluding diaryl/α,β-unsaturated/α-hetero) is 1. The summed E-state index contributed by atoms with van der Waals surface area (Å²) in [5.74, 6) is -0.0244. The molecule has 1 aromatic rings. The molecule has 6 heteroatoms. The molecular weight excluding hydrogens is 290 g/mol. The van der Waals surface area contributed by atoms with Gasteiger partial charge in [0.05, 0.1) is 10.9 Å². The average molecular weight is 311 g/mol. The van der Waals surface area contributed by atoms with Crippen LogP contribution in [0.15, 0.2) is 29.2 Å². The van der Waals surface area contributed by atoms with Gasteiger partial charge in [-0.3, -0.25) is 4.79 Å². The minimum absolute atomic E-state index is 0.0244. The Kier molecular flexibility index (Phi) is 5.13. The quantitative estimate of drug-likeness (QED) is 0.808. The fraction of sp³-hybridized carbons (Fsp3) is 0.533. The van der Waals surface area contributed by atoms with Crippen LogP contribution >= 0.6 is 0 Å². The Balaban J connectivity index is 2.21. The van der Waals surface area contributed by atoms with Gasteiger partial charge in [-0.2, -0.15) is 4.31 Å². The third-order valence-corrected chi connectivity index (χ3v) is 5.73. The molecule has 116 valence electrons. The van der Waals surface area contributed by atoms with Crippen molar-refractivity contribution < 1.29 is 18.3 Å². The highest BCUT2D eigenvalue weighted by Crippen LogP contribution is 2.27. The number of aliphatic hydroxyl groups is 1. The Hall–Kier alpha value is -1.24. The first-order valence-electron chi connectivity index (χ1n) is 7.19. The molecule has 1 heterocycles. The number of carbonyl (C=O) groups is 1. The van der Waals surface area contributed by atoms with Gasteiger partial charge in [-0.05, 0) is 38.3 Å². The van der Waals surface area contributed by atoms with Crippen LogP contribution < -0.4 is 0 Å². The van der Waals surface area contributed by atoms with E-state index in [9.17, 15) is 13.2 Å². The van der Waals surface area contributed by atoms with Gasteiger partial charge >= 0.3 is 0 Å². The van der Waals surface area contributed by atoms with Crippen LogP contribution in [0.2, 0.25) is 0 Å². The molecule has 1 atom stereocenters. The normalized spacial score (nSPS) is 20.1. The second-order valence-electron chi connectivity index (χ2n) is 5.38. The molecular formula is C15H21NO4S. The summed E-state index contributed by atoms with van der Waals surface area (Å²) in [6.07, 6.45) is 1.98. The van der Waals surface area contributed by atoms with E-state index in [1.54, 1.807) is 24.3 Å². The van der Waals surface area contributed by atoms with Crippen molar-refractivity contribution in [1.29, 1.82) is 0 Å². The van der Waals surface area contributed by atoms with Gasteiger partial charge < -0.3 is 5.11 Å². The van der Waals surface area contributed by atoms with Gasteiger partial charge in [0.25, 0.3) is 0 Å². The van der Waals surface area contributed by atoms with Crippen molar-refractivity contribution in [2.45, 2.75) is 43.5 Å². The highest BCUT2D eigenvalue weighted by Gasteiger charge is 2.40. The summed E-state index contributed by atoms with van der Waals surface area (Å²) < 4.78 is 26.6. The standard InChI is InChI=1S/C15H21NO4S/c1-12-5-7-13(8-6-12)21(19,20)16-10-9-15(18)14(16)4-2-3-11-17/h5-8,14,17H,2-4,9-11H2,1H3. The fourth-order valence-corrected chi connectivity index (χ4v) is 4.23. The van der Waals surface area contributed by atoms with E-state index in [-0.39, 0.29) is 30.3 Å². The van der Waals surface area contributed by atoms with Crippen LogP contribution in [0.3, 0.4) is 0 Å². The molecule has 1 N–H and O–H groups in total. The zero-order valence-corrected chi connectivity index (χ0v) is 13.0. The number of benzene rings is 1. The van der Waals surface area contributed by atoms with Crippen molar-refractivity contribution in [2.24, 2.45) is 0 Å². The third kappa shape index (κ3) is 3.51. The van der Waals surface area contributed by atoms with Crippen LogP contribution in [0.5, 0.6) is 0 Å². The van der Waals surface area contributed by atoms with Gasteiger partial charge in [-0.25, -0.2) is 8.42 Å². The Bertz CT molecular complexity index is 595. The highest BCUT2D eigenvalue weighted by molar-refractivity contribution is 7.89. The van der Waals surface area contributed by atoms with Gasteiger partial charge in [-0.1, -0.05) is 17.7 Å². The van der Waals surface area contributed by atoms with E-state index >= 15 is 0 Å². The average Bonchev–Trinajstić information content (AvgIpc) is 2.82. The fourth-order valence-electron chi connectivity index (χ4n) is 2.59. The van der Waals surface area contributed by atoms with E-state index in [4.69, 9.17) is 5.11 Å². The second-order valence-corrected chi connectivity index (χ2v) is 7.27. The lowest BCUT2D eigenvalue weighted by molar-refractivity contribution is -0.119. The molecule has 1 unspecified atom stereocenters. The molecule has 2 rings (SSSR count). The van der Waals surface area contributed by atoms with Crippen LogP contribution in [-0.4, -0.2) is 42.8 Å². The summed E-state index contributed by atoms with van der Waals surface area (Å²) >= 11 is 0. The van der Waals surface area contributed by atoms with E-state index in [1.807, 2.05) is 6.92 Å². The summed E-state index contributed by atoms with van der Waals surface area (Å²) in [5, 5.41) is 8.82. The van der Waals surface area contributed by atoms with Crippen molar-refractivity contribution in [3.8, 4) is 0 Å². The smallest absolute Gasteiger partial charge is 0.243 e. The van der Waals surface area contributed by atoms with E-state index in [0.29, 0.717) is 19.3 Å². The van der Waals surface area contributed by atoms with Crippen molar-refractivity contribution in [1.82, 2.24) is 4.31 Å². The predicted molar refractivity (Wildman–Crippen MR) is 79.4 cm³/mol. The molecule has 0 spiro atoms. The molecule has 0 aliphatic carbocycles. The minimum Gasteiger partial charge on any atom is -0.396 e. The number of hydrogen-bond acceptors (Lipinski definition) is 4. The van der Waals surface area contributed by atoms with Gasteiger partial charge in [0.2, 0.25) is 10.0 Å². The number of sulfonamides is 1. The number of hydrogen-bond donors (Lipinski definition) is 1. The van der Waals surface area contributed by atoms with Crippen LogP contribution in [0.4, 0.5) is 0 Å². The van der Waals surface area contributed by atoms with Gasteiger partial charge in [0.1, 0.15) is 0 Å². The largest absolute Gasteiger partial charge is 0.396 e. The molecule has 1 aliphatic heterocycles. The molecule has 1 saturated heterocycles. The van der Waals surface area contributed by atoms with Crippen molar-refractivity contribution in [3.05, 3.63) is 29.8 Å².